The smallest absolute Gasteiger partial charge is 0.252 e. The molecule has 1 saturated heterocycles. The van der Waals surface area contributed by atoms with Gasteiger partial charge in [-0.25, -0.2) is 8.42 Å². The molecule has 0 bridgehead atoms. The van der Waals surface area contributed by atoms with E-state index in [0.717, 1.165) is 41.3 Å². The standard InChI is InChI=1S/C24H28N2O4S/c1-3-18-8-11-23-19(13-18)14-20(24(27)25-23)15-26(16-21-5-4-12-30-21)31(28,29)22-9-6-17(2)7-10-22/h6-11,13-14,21H,3-5,12,15-16H2,1-2H3,(H,25,27)/t21-/m0/s1. The SMILES string of the molecule is CCc1ccc2[nH]c(=O)c(CN(C[C@@H]3CCCO3)S(=O)(=O)c3ccc(C)cc3)cc2c1. The van der Waals surface area contributed by atoms with Gasteiger partial charge < -0.3 is 9.72 Å². The van der Waals surface area contributed by atoms with Crippen LogP contribution in [-0.4, -0.2) is 37.0 Å². The van der Waals surface area contributed by atoms with Gasteiger partial charge in [-0.15, -0.1) is 0 Å². The Hall–Kier alpha value is -2.48. The van der Waals surface area contributed by atoms with Crippen molar-refractivity contribution in [2.75, 3.05) is 13.2 Å². The summed E-state index contributed by atoms with van der Waals surface area (Å²) >= 11 is 0. The van der Waals surface area contributed by atoms with Crippen molar-refractivity contribution in [2.24, 2.45) is 0 Å². The lowest BCUT2D eigenvalue weighted by Gasteiger charge is -2.25. The third kappa shape index (κ3) is 4.74. The highest BCUT2D eigenvalue weighted by Crippen LogP contribution is 2.23. The number of hydrogen-bond donors (Lipinski definition) is 1. The van der Waals surface area contributed by atoms with E-state index in [4.69, 9.17) is 4.74 Å². The molecule has 1 aliphatic heterocycles. The number of nitrogens with one attached hydrogen (secondary N) is 1. The molecule has 0 spiro atoms. The van der Waals surface area contributed by atoms with Crippen LogP contribution in [0.2, 0.25) is 0 Å². The molecule has 0 amide bonds. The van der Waals surface area contributed by atoms with Crippen LogP contribution in [0.4, 0.5) is 0 Å². The molecule has 1 N–H and O–H groups in total. The average Bonchev–Trinajstić information content (AvgIpc) is 3.27. The molecule has 164 valence electrons. The minimum Gasteiger partial charge on any atom is -0.377 e. The van der Waals surface area contributed by atoms with E-state index in [9.17, 15) is 13.2 Å². The zero-order valence-corrected chi connectivity index (χ0v) is 18.7. The minimum atomic E-state index is -3.79. The van der Waals surface area contributed by atoms with Crippen LogP contribution in [0.5, 0.6) is 0 Å². The molecule has 4 rings (SSSR count). The Bertz CT molecular complexity index is 1230. The van der Waals surface area contributed by atoms with Crippen molar-refractivity contribution in [1.29, 1.82) is 0 Å². The van der Waals surface area contributed by atoms with E-state index in [-0.39, 0.29) is 29.6 Å². The molecule has 0 saturated carbocycles. The number of aromatic amines is 1. The van der Waals surface area contributed by atoms with Crippen molar-refractivity contribution in [3.63, 3.8) is 0 Å². The fourth-order valence-electron chi connectivity index (χ4n) is 3.95. The van der Waals surface area contributed by atoms with E-state index in [2.05, 4.69) is 11.9 Å². The molecule has 1 aliphatic rings. The van der Waals surface area contributed by atoms with Crippen LogP contribution in [0.1, 0.15) is 36.5 Å². The quantitative estimate of drug-likeness (QED) is 0.607. The Kier molecular flexibility index (Phi) is 6.27. The van der Waals surface area contributed by atoms with Crippen molar-refractivity contribution in [2.45, 2.75) is 50.7 Å². The molecule has 31 heavy (non-hydrogen) atoms. The van der Waals surface area contributed by atoms with Crippen molar-refractivity contribution in [3.05, 3.63) is 75.6 Å². The molecule has 7 heteroatoms. The summed E-state index contributed by atoms with van der Waals surface area (Å²) in [4.78, 5) is 15.9. The average molecular weight is 441 g/mol. The molecule has 2 aromatic carbocycles. The first kappa shape index (κ1) is 21.7. The summed E-state index contributed by atoms with van der Waals surface area (Å²) in [5.74, 6) is 0. The number of sulfonamides is 1. The maximum atomic E-state index is 13.5. The number of hydrogen-bond acceptors (Lipinski definition) is 4. The number of aromatic nitrogens is 1. The summed E-state index contributed by atoms with van der Waals surface area (Å²) in [7, 11) is -3.79. The molecule has 6 nitrogen and oxygen atoms in total. The van der Waals surface area contributed by atoms with Crippen LogP contribution in [-0.2, 0) is 27.7 Å². The second kappa shape index (κ2) is 8.94. The number of pyridine rings is 1. The third-order valence-corrected chi connectivity index (χ3v) is 7.66. The highest BCUT2D eigenvalue weighted by molar-refractivity contribution is 7.89. The zero-order valence-electron chi connectivity index (χ0n) is 17.9. The summed E-state index contributed by atoms with van der Waals surface area (Å²) < 4.78 is 34.0. The van der Waals surface area contributed by atoms with E-state index in [1.165, 1.54) is 4.31 Å². The fourth-order valence-corrected chi connectivity index (χ4v) is 5.40. The zero-order chi connectivity index (χ0) is 22.0. The minimum absolute atomic E-state index is 0.00229. The van der Waals surface area contributed by atoms with E-state index in [1.807, 2.05) is 25.1 Å². The van der Waals surface area contributed by atoms with Crippen molar-refractivity contribution >= 4 is 20.9 Å². The van der Waals surface area contributed by atoms with Gasteiger partial charge in [-0.1, -0.05) is 30.7 Å². The van der Waals surface area contributed by atoms with Crippen LogP contribution in [0, 0.1) is 6.92 Å². The van der Waals surface area contributed by atoms with E-state index >= 15 is 0 Å². The first-order valence-corrected chi connectivity index (χ1v) is 12.1. The lowest BCUT2D eigenvalue weighted by atomic mass is 10.1. The maximum Gasteiger partial charge on any atom is 0.252 e. The number of nitrogens with zero attached hydrogens (tertiary/aromatic N) is 1. The van der Waals surface area contributed by atoms with Crippen LogP contribution in [0.3, 0.4) is 0 Å². The first-order chi connectivity index (χ1) is 14.9. The van der Waals surface area contributed by atoms with Crippen LogP contribution < -0.4 is 5.56 Å². The highest BCUT2D eigenvalue weighted by atomic mass is 32.2. The topological polar surface area (TPSA) is 79.5 Å². The predicted octanol–water partition coefficient (Wildman–Crippen LogP) is 3.77. The third-order valence-electron chi connectivity index (χ3n) is 5.83. The number of aryl methyl sites for hydroxylation is 2. The monoisotopic (exact) mass is 440 g/mol. The van der Waals surface area contributed by atoms with Gasteiger partial charge in [0.05, 0.1) is 11.0 Å². The summed E-state index contributed by atoms with van der Waals surface area (Å²) in [6.45, 7) is 4.85. The van der Waals surface area contributed by atoms with E-state index in [1.54, 1.807) is 30.3 Å². The molecule has 3 aromatic rings. The van der Waals surface area contributed by atoms with Gasteiger partial charge in [0.25, 0.3) is 5.56 Å². The van der Waals surface area contributed by atoms with Crippen LogP contribution in [0.25, 0.3) is 10.9 Å². The Labute approximate surface area is 182 Å². The van der Waals surface area contributed by atoms with Gasteiger partial charge in [0, 0.05) is 30.8 Å². The van der Waals surface area contributed by atoms with Gasteiger partial charge in [0.15, 0.2) is 0 Å². The number of ether oxygens (including phenoxy) is 1. The lowest BCUT2D eigenvalue weighted by molar-refractivity contribution is 0.0925. The van der Waals surface area contributed by atoms with Gasteiger partial charge >= 0.3 is 0 Å². The number of fused-ring (bicyclic) bond motifs is 1. The molecule has 1 aromatic heterocycles. The van der Waals surface area contributed by atoms with E-state index < -0.39 is 10.0 Å². The first-order valence-electron chi connectivity index (χ1n) is 10.7. The van der Waals surface area contributed by atoms with Crippen LogP contribution >= 0.6 is 0 Å². The highest BCUT2D eigenvalue weighted by Gasteiger charge is 2.30. The number of H-pyrrole nitrogens is 1. The van der Waals surface area contributed by atoms with Gasteiger partial charge in [-0.05, 0) is 67.5 Å². The largest absolute Gasteiger partial charge is 0.377 e. The predicted molar refractivity (Wildman–Crippen MR) is 122 cm³/mol. The normalized spacial score (nSPS) is 16.9. The Morgan fingerprint density at radius 2 is 1.90 bits per heavy atom. The summed E-state index contributed by atoms with van der Waals surface area (Å²) in [5.41, 5.74) is 3.05. The Balaban J connectivity index is 1.72. The van der Waals surface area contributed by atoms with Gasteiger partial charge in [-0.3, -0.25) is 4.79 Å². The second-order valence-electron chi connectivity index (χ2n) is 8.14. The number of benzene rings is 2. The summed E-state index contributed by atoms with van der Waals surface area (Å²) in [6, 6.07) is 14.5. The fraction of sp³-hybridized carbons (Fsp3) is 0.375. The Morgan fingerprint density at radius 1 is 1.13 bits per heavy atom. The molecule has 0 unspecified atom stereocenters. The molecule has 2 heterocycles. The molecular weight excluding hydrogens is 412 g/mol. The summed E-state index contributed by atoms with van der Waals surface area (Å²) in [6.07, 6.45) is 2.46. The number of rotatable bonds is 7. The second-order valence-corrected chi connectivity index (χ2v) is 10.1. The van der Waals surface area contributed by atoms with Gasteiger partial charge in [0.2, 0.25) is 10.0 Å². The van der Waals surface area contributed by atoms with Gasteiger partial charge in [-0.2, -0.15) is 4.31 Å². The van der Waals surface area contributed by atoms with E-state index in [0.29, 0.717) is 12.2 Å². The molecule has 1 fully saturated rings. The van der Waals surface area contributed by atoms with Gasteiger partial charge in [0.1, 0.15) is 0 Å². The van der Waals surface area contributed by atoms with Crippen LogP contribution in [0.15, 0.2) is 58.2 Å². The summed E-state index contributed by atoms with van der Waals surface area (Å²) in [5, 5.41) is 0.902. The molecule has 1 atom stereocenters. The van der Waals surface area contributed by atoms with Crippen molar-refractivity contribution in [3.8, 4) is 0 Å². The lowest BCUT2D eigenvalue weighted by Crippen LogP contribution is -2.38. The van der Waals surface area contributed by atoms with Crippen molar-refractivity contribution < 1.29 is 13.2 Å². The Morgan fingerprint density at radius 3 is 2.58 bits per heavy atom. The molecule has 0 radical (unpaired) electrons. The molecular formula is C24H28N2O4S. The maximum absolute atomic E-state index is 13.5. The van der Waals surface area contributed by atoms with Crippen molar-refractivity contribution in [1.82, 2.24) is 9.29 Å². The molecule has 0 aliphatic carbocycles.